The molecule has 1 aliphatic rings. The SMILES string of the molecule is O=C(O)CN(C(=O)c1cc(Cl)nnc1Cl)C1CCCC1. The number of carboxylic acids is 1. The van der Waals surface area contributed by atoms with Crippen molar-refractivity contribution in [2.45, 2.75) is 31.7 Å². The second kappa shape index (κ2) is 6.37. The lowest BCUT2D eigenvalue weighted by molar-refractivity contribution is -0.138. The molecule has 1 heterocycles. The Balaban J connectivity index is 2.29. The minimum atomic E-state index is -1.06. The molecule has 0 saturated heterocycles. The molecule has 108 valence electrons. The highest BCUT2D eigenvalue weighted by atomic mass is 35.5. The van der Waals surface area contributed by atoms with Gasteiger partial charge in [0.2, 0.25) is 0 Å². The normalized spacial score (nSPS) is 15.3. The molecule has 0 aliphatic heterocycles. The monoisotopic (exact) mass is 317 g/mol. The van der Waals surface area contributed by atoms with E-state index in [0.717, 1.165) is 25.7 Å². The quantitative estimate of drug-likeness (QED) is 0.920. The summed E-state index contributed by atoms with van der Waals surface area (Å²) in [6.07, 6.45) is 3.56. The fourth-order valence-electron chi connectivity index (χ4n) is 2.39. The van der Waals surface area contributed by atoms with Crippen molar-refractivity contribution in [1.82, 2.24) is 15.1 Å². The van der Waals surface area contributed by atoms with Gasteiger partial charge < -0.3 is 10.0 Å². The highest BCUT2D eigenvalue weighted by Gasteiger charge is 2.30. The molecular formula is C12H13Cl2N3O3. The third-order valence-corrected chi connectivity index (χ3v) is 3.75. The lowest BCUT2D eigenvalue weighted by Crippen LogP contribution is -2.42. The number of hydrogen-bond donors (Lipinski definition) is 1. The fourth-order valence-corrected chi connectivity index (χ4v) is 2.71. The fraction of sp³-hybridized carbons (Fsp3) is 0.500. The Morgan fingerprint density at radius 2 is 1.95 bits per heavy atom. The number of halogens is 2. The molecule has 1 aliphatic carbocycles. The topological polar surface area (TPSA) is 83.4 Å². The van der Waals surface area contributed by atoms with Crippen molar-refractivity contribution in [3.8, 4) is 0 Å². The second-order valence-corrected chi connectivity index (χ2v) is 5.38. The van der Waals surface area contributed by atoms with E-state index in [4.69, 9.17) is 28.3 Å². The van der Waals surface area contributed by atoms with Crippen molar-refractivity contribution in [2.24, 2.45) is 0 Å². The summed E-state index contributed by atoms with van der Waals surface area (Å²) >= 11 is 11.6. The molecule has 0 radical (unpaired) electrons. The smallest absolute Gasteiger partial charge is 0.323 e. The van der Waals surface area contributed by atoms with Gasteiger partial charge in [-0.2, -0.15) is 0 Å². The second-order valence-electron chi connectivity index (χ2n) is 4.64. The summed E-state index contributed by atoms with van der Waals surface area (Å²) in [5.41, 5.74) is 0.0832. The van der Waals surface area contributed by atoms with Crippen LogP contribution in [0.25, 0.3) is 0 Å². The standard InChI is InChI=1S/C12H13Cl2N3O3/c13-9-5-8(11(14)16-15-9)12(20)17(6-10(18)19)7-3-1-2-4-7/h5,7H,1-4,6H2,(H,18,19). The van der Waals surface area contributed by atoms with Crippen LogP contribution in [-0.4, -0.2) is 44.7 Å². The van der Waals surface area contributed by atoms with Gasteiger partial charge in [0.25, 0.3) is 5.91 Å². The van der Waals surface area contributed by atoms with Gasteiger partial charge in [-0.15, -0.1) is 10.2 Å². The number of rotatable bonds is 4. The zero-order valence-corrected chi connectivity index (χ0v) is 12.1. The van der Waals surface area contributed by atoms with Crippen LogP contribution < -0.4 is 0 Å². The van der Waals surface area contributed by atoms with Crippen LogP contribution in [0.5, 0.6) is 0 Å². The van der Waals surface area contributed by atoms with E-state index >= 15 is 0 Å². The number of aromatic nitrogens is 2. The molecule has 1 saturated carbocycles. The van der Waals surface area contributed by atoms with Crippen molar-refractivity contribution in [1.29, 1.82) is 0 Å². The third kappa shape index (κ3) is 3.37. The first kappa shape index (κ1) is 15.0. The molecule has 20 heavy (non-hydrogen) atoms. The van der Waals surface area contributed by atoms with E-state index in [1.807, 2.05) is 0 Å². The molecule has 0 aromatic carbocycles. The molecule has 1 N–H and O–H groups in total. The van der Waals surface area contributed by atoms with Crippen molar-refractivity contribution in [2.75, 3.05) is 6.54 Å². The van der Waals surface area contributed by atoms with Crippen LogP contribution in [0.2, 0.25) is 10.3 Å². The van der Waals surface area contributed by atoms with Crippen LogP contribution in [0.1, 0.15) is 36.0 Å². The maximum Gasteiger partial charge on any atom is 0.323 e. The largest absolute Gasteiger partial charge is 0.480 e. The Labute approximate surface area is 125 Å². The molecule has 2 rings (SSSR count). The summed E-state index contributed by atoms with van der Waals surface area (Å²) in [5, 5.41) is 16.1. The maximum absolute atomic E-state index is 12.5. The van der Waals surface area contributed by atoms with Crippen LogP contribution in [0, 0.1) is 0 Å². The van der Waals surface area contributed by atoms with Gasteiger partial charge in [-0.05, 0) is 18.9 Å². The number of carbonyl (C=O) groups excluding carboxylic acids is 1. The molecule has 1 fully saturated rings. The third-order valence-electron chi connectivity index (χ3n) is 3.28. The van der Waals surface area contributed by atoms with Crippen LogP contribution in [0.4, 0.5) is 0 Å². The van der Waals surface area contributed by atoms with Gasteiger partial charge in [0.1, 0.15) is 6.54 Å². The highest BCUT2D eigenvalue weighted by molar-refractivity contribution is 6.34. The van der Waals surface area contributed by atoms with Gasteiger partial charge in [0, 0.05) is 6.04 Å². The Hall–Kier alpha value is -1.40. The van der Waals surface area contributed by atoms with Gasteiger partial charge in [-0.25, -0.2) is 0 Å². The van der Waals surface area contributed by atoms with Gasteiger partial charge >= 0.3 is 5.97 Å². The summed E-state index contributed by atoms with van der Waals surface area (Å²) in [7, 11) is 0. The van der Waals surface area contributed by atoms with E-state index in [1.165, 1.54) is 11.0 Å². The average molecular weight is 318 g/mol. The van der Waals surface area contributed by atoms with Crippen molar-refractivity contribution < 1.29 is 14.7 Å². The van der Waals surface area contributed by atoms with Gasteiger partial charge in [-0.3, -0.25) is 9.59 Å². The van der Waals surface area contributed by atoms with Crippen molar-refractivity contribution in [3.63, 3.8) is 0 Å². The zero-order valence-electron chi connectivity index (χ0n) is 10.6. The van der Waals surface area contributed by atoms with Crippen LogP contribution >= 0.6 is 23.2 Å². The number of carboxylic acid groups (broad SMARTS) is 1. The first-order valence-electron chi connectivity index (χ1n) is 6.20. The molecule has 1 aromatic heterocycles. The number of nitrogens with zero attached hydrogens (tertiary/aromatic N) is 3. The Morgan fingerprint density at radius 1 is 1.30 bits per heavy atom. The Kier molecular flexibility index (Phi) is 4.77. The molecule has 1 amide bonds. The van der Waals surface area contributed by atoms with Crippen molar-refractivity contribution in [3.05, 3.63) is 21.9 Å². The molecule has 0 bridgehead atoms. The van der Waals surface area contributed by atoms with E-state index in [0.29, 0.717) is 0 Å². The molecule has 0 atom stereocenters. The summed E-state index contributed by atoms with van der Waals surface area (Å²) < 4.78 is 0. The van der Waals surface area contributed by atoms with E-state index < -0.39 is 11.9 Å². The molecule has 0 unspecified atom stereocenters. The first-order valence-corrected chi connectivity index (χ1v) is 6.96. The summed E-state index contributed by atoms with van der Waals surface area (Å²) in [6.45, 7) is -0.361. The molecular weight excluding hydrogens is 305 g/mol. The highest BCUT2D eigenvalue weighted by Crippen LogP contribution is 2.26. The average Bonchev–Trinajstić information content (AvgIpc) is 2.91. The van der Waals surface area contributed by atoms with Crippen LogP contribution in [0.15, 0.2) is 6.07 Å². The van der Waals surface area contributed by atoms with Gasteiger partial charge in [-0.1, -0.05) is 36.0 Å². The predicted molar refractivity (Wildman–Crippen MR) is 73.0 cm³/mol. The number of amides is 1. The van der Waals surface area contributed by atoms with E-state index in [1.54, 1.807) is 0 Å². The molecule has 0 spiro atoms. The first-order chi connectivity index (χ1) is 9.49. The van der Waals surface area contributed by atoms with Gasteiger partial charge in [0.15, 0.2) is 10.3 Å². The zero-order chi connectivity index (χ0) is 14.7. The van der Waals surface area contributed by atoms with Gasteiger partial charge in [0.05, 0.1) is 5.56 Å². The van der Waals surface area contributed by atoms with E-state index in [9.17, 15) is 9.59 Å². The number of hydrogen-bond acceptors (Lipinski definition) is 4. The van der Waals surface area contributed by atoms with Crippen molar-refractivity contribution >= 4 is 35.1 Å². The van der Waals surface area contributed by atoms with Crippen LogP contribution in [0.3, 0.4) is 0 Å². The van der Waals surface area contributed by atoms with E-state index in [2.05, 4.69) is 10.2 Å². The lowest BCUT2D eigenvalue weighted by Gasteiger charge is -2.27. The Morgan fingerprint density at radius 3 is 2.55 bits per heavy atom. The number of aliphatic carboxylic acids is 1. The van der Waals surface area contributed by atoms with E-state index in [-0.39, 0.29) is 28.5 Å². The Bertz CT molecular complexity index is 533. The molecule has 1 aromatic rings. The minimum absolute atomic E-state index is 0.0412. The summed E-state index contributed by atoms with van der Waals surface area (Å²) in [5.74, 6) is -1.53. The molecule has 8 heteroatoms. The summed E-state index contributed by atoms with van der Waals surface area (Å²) in [4.78, 5) is 24.8. The minimum Gasteiger partial charge on any atom is -0.480 e. The molecule has 6 nitrogen and oxygen atoms in total. The maximum atomic E-state index is 12.5. The lowest BCUT2D eigenvalue weighted by atomic mass is 10.1. The number of carbonyl (C=O) groups is 2. The van der Waals surface area contributed by atoms with Crippen LogP contribution in [-0.2, 0) is 4.79 Å². The summed E-state index contributed by atoms with van der Waals surface area (Å²) in [6, 6.07) is 1.23. The predicted octanol–water partition coefficient (Wildman–Crippen LogP) is 2.25.